The first-order valence-corrected chi connectivity index (χ1v) is 13.3. The Hall–Kier alpha value is -6.82. The number of rotatable bonds is 6. The average Bonchev–Trinajstić information content (AvgIpc) is 3.47. The van der Waals surface area contributed by atoms with Gasteiger partial charge in [0.05, 0.1) is 0 Å². The lowest BCUT2D eigenvalue weighted by atomic mass is 9.91. The van der Waals surface area contributed by atoms with Gasteiger partial charge in [0, 0.05) is 5.56 Å². The van der Waals surface area contributed by atoms with Crippen LogP contribution in [-0.4, -0.2) is 54.1 Å². The number of aromatic hydroxyl groups is 2. The predicted octanol–water partition coefficient (Wildman–Crippen LogP) is 4.89. The molecule has 0 aliphatic carbocycles. The Balaban J connectivity index is 1.44. The number of hydrogen-bond acceptors (Lipinski definition) is 10. The Morgan fingerprint density at radius 1 is 0.565 bits per heavy atom. The first kappa shape index (κ1) is 29.3. The summed E-state index contributed by atoms with van der Waals surface area (Å²) in [5, 5.41) is 61.2. The maximum absolute atomic E-state index is 13.6. The second-order valence-corrected chi connectivity index (χ2v) is 10.1. The molecule has 0 atom stereocenters. The zero-order valence-corrected chi connectivity index (χ0v) is 23.2. The van der Waals surface area contributed by atoms with Gasteiger partial charge < -0.3 is 40.1 Å². The van der Waals surface area contributed by atoms with Gasteiger partial charge in [-0.15, -0.1) is 0 Å². The number of allylic oxidation sites excluding steroid dienone is 2. The van der Waals surface area contributed by atoms with Crippen LogP contribution >= 0.6 is 0 Å². The number of aliphatic hydroxyl groups is 2. The summed E-state index contributed by atoms with van der Waals surface area (Å²) in [6.07, 6.45) is 0. The quantitative estimate of drug-likeness (QED) is 0.159. The third-order valence-electron chi connectivity index (χ3n) is 7.33. The van der Waals surface area contributed by atoms with Gasteiger partial charge in [-0.3, -0.25) is 9.59 Å². The van der Waals surface area contributed by atoms with Gasteiger partial charge in [-0.1, -0.05) is 54.6 Å². The van der Waals surface area contributed by atoms with Crippen LogP contribution in [0.4, 0.5) is 0 Å². The van der Waals surface area contributed by atoms with Crippen molar-refractivity contribution >= 4 is 56.6 Å². The summed E-state index contributed by atoms with van der Waals surface area (Å²) in [4.78, 5) is 51.4. The fourth-order valence-electron chi connectivity index (χ4n) is 5.24. The van der Waals surface area contributed by atoms with Crippen molar-refractivity contribution in [3.05, 3.63) is 131 Å². The summed E-state index contributed by atoms with van der Waals surface area (Å²) in [5.74, 6) is -8.30. The molecule has 46 heavy (non-hydrogen) atoms. The highest BCUT2D eigenvalue weighted by molar-refractivity contribution is 6.38. The number of carboxylic acids is 2. The first-order valence-electron chi connectivity index (χ1n) is 13.3. The van der Waals surface area contributed by atoms with Gasteiger partial charge >= 0.3 is 11.9 Å². The van der Waals surface area contributed by atoms with Crippen LogP contribution in [0.3, 0.4) is 0 Å². The maximum Gasteiger partial charge on any atom is 0.340 e. The van der Waals surface area contributed by atoms with Crippen LogP contribution in [0.1, 0.15) is 22.3 Å². The molecule has 2 aliphatic rings. The lowest BCUT2D eigenvalue weighted by Gasteiger charge is -2.09. The molecule has 4 aromatic carbocycles. The fraction of sp³-hybridized carbons (Fsp3) is 0. The number of ether oxygens (including phenoxy) is 2. The minimum atomic E-state index is -1.53. The van der Waals surface area contributed by atoms with E-state index in [1.165, 1.54) is 66.7 Å². The summed E-state index contributed by atoms with van der Waals surface area (Å²) in [5.41, 5.74) is -1.63. The number of phenols is 2. The Bertz CT molecular complexity index is 2150. The molecule has 0 aromatic heterocycles. The van der Waals surface area contributed by atoms with E-state index in [0.717, 1.165) is 0 Å². The fourth-order valence-corrected chi connectivity index (χ4v) is 5.24. The van der Waals surface area contributed by atoms with Gasteiger partial charge in [0.15, 0.2) is 11.5 Å². The Morgan fingerprint density at radius 2 is 1.04 bits per heavy atom. The van der Waals surface area contributed by atoms with Gasteiger partial charge in [-0.05, 0) is 57.8 Å². The summed E-state index contributed by atoms with van der Waals surface area (Å²) in [6, 6.07) is 19.1. The zero-order chi connectivity index (χ0) is 32.9. The molecule has 0 bridgehead atoms. The molecule has 0 amide bonds. The van der Waals surface area contributed by atoms with Crippen molar-refractivity contribution in [2.75, 3.05) is 0 Å². The molecule has 0 unspecified atom stereocenters. The lowest BCUT2D eigenvalue weighted by Crippen LogP contribution is -2.10. The minimum Gasteiger partial charge on any atom is -0.508 e. The van der Waals surface area contributed by atoms with Crippen molar-refractivity contribution in [2.45, 2.75) is 0 Å². The van der Waals surface area contributed by atoms with Crippen LogP contribution in [0, 0.1) is 0 Å². The molecule has 12 nitrogen and oxygen atoms in total. The van der Waals surface area contributed by atoms with Crippen molar-refractivity contribution in [3.8, 4) is 11.5 Å². The number of phenolic OH excluding ortho intramolecular Hbond substituents is 2. The molecule has 4 aromatic rings. The number of aliphatic carboxylic acids is 2. The van der Waals surface area contributed by atoms with Crippen LogP contribution in [0.25, 0.3) is 33.1 Å². The smallest absolute Gasteiger partial charge is 0.340 e. The SMILES string of the molecule is O=C1C(c2ccc3cccc(C4=C(O)O/C(=C(/C(=O)O)c5ccc(O)cc5)C4=O)c3c2)=C(O)O/C1=C(/C(=O)O)c1ccc(O)cc1. The van der Waals surface area contributed by atoms with E-state index in [1.54, 1.807) is 18.2 Å². The number of aliphatic hydroxyl groups excluding tert-OH is 2. The monoisotopic (exact) mass is 620 g/mol. The van der Waals surface area contributed by atoms with Crippen LogP contribution in [0.5, 0.6) is 11.5 Å². The number of carbonyl (C=O) groups is 4. The molecule has 6 N–H and O–H groups in total. The number of ketones is 2. The molecule has 0 saturated carbocycles. The van der Waals surface area contributed by atoms with Crippen LogP contribution in [0.2, 0.25) is 0 Å². The van der Waals surface area contributed by atoms with Gasteiger partial charge in [0.25, 0.3) is 11.9 Å². The minimum absolute atomic E-state index is 0.0296. The molecule has 0 fully saturated rings. The largest absolute Gasteiger partial charge is 0.508 e. The average molecular weight is 621 g/mol. The van der Waals surface area contributed by atoms with Crippen molar-refractivity contribution in [3.63, 3.8) is 0 Å². The summed E-state index contributed by atoms with van der Waals surface area (Å²) in [7, 11) is 0. The van der Waals surface area contributed by atoms with Crippen LogP contribution in [-0.2, 0) is 28.7 Å². The number of carboxylic acid groups (broad SMARTS) is 2. The normalized spacial score (nSPS) is 16.9. The van der Waals surface area contributed by atoms with Crippen LogP contribution in [0.15, 0.2) is 108 Å². The first-order chi connectivity index (χ1) is 22.0. The molecular formula is C34H20O12. The van der Waals surface area contributed by atoms with E-state index < -0.39 is 58.1 Å². The Morgan fingerprint density at radius 3 is 1.54 bits per heavy atom. The second-order valence-electron chi connectivity index (χ2n) is 10.1. The summed E-state index contributed by atoms with van der Waals surface area (Å²) < 4.78 is 10.6. The maximum atomic E-state index is 13.6. The van der Waals surface area contributed by atoms with Crippen molar-refractivity contribution in [2.24, 2.45) is 0 Å². The van der Waals surface area contributed by atoms with Crippen LogP contribution < -0.4 is 0 Å². The highest BCUT2D eigenvalue weighted by atomic mass is 16.6. The van der Waals surface area contributed by atoms with E-state index >= 15 is 0 Å². The molecule has 2 heterocycles. The predicted molar refractivity (Wildman–Crippen MR) is 161 cm³/mol. The molecule has 0 radical (unpaired) electrons. The highest BCUT2D eigenvalue weighted by Gasteiger charge is 2.39. The Kier molecular flexibility index (Phi) is 7.01. The molecule has 228 valence electrons. The third kappa shape index (κ3) is 4.85. The zero-order valence-electron chi connectivity index (χ0n) is 23.2. The van der Waals surface area contributed by atoms with Crippen molar-refractivity contribution in [1.29, 1.82) is 0 Å². The van der Waals surface area contributed by atoms with Gasteiger partial charge in [0.1, 0.15) is 33.8 Å². The standard InChI is InChI=1S/C34H20O12/c35-19-10-6-16(7-11-19)24(31(39)40)29-27(37)23(33(43)45-29)18-5-4-15-2-1-3-21(22(15)14-18)26-28(38)30(46-34(26)44)25(32(41)42)17-8-12-20(36)13-9-17/h1-14,35-36,43-44H,(H,39,40)(H,41,42)/b29-24+,30-25+. The van der Waals surface area contributed by atoms with Gasteiger partial charge in [0.2, 0.25) is 11.6 Å². The summed E-state index contributed by atoms with van der Waals surface area (Å²) in [6.45, 7) is 0. The molecule has 12 heteroatoms. The molecule has 0 spiro atoms. The van der Waals surface area contributed by atoms with Crippen molar-refractivity contribution in [1.82, 2.24) is 0 Å². The van der Waals surface area contributed by atoms with Gasteiger partial charge in [-0.25, -0.2) is 9.59 Å². The number of benzene rings is 4. The van der Waals surface area contributed by atoms with Crippen molar-refractivity contribution < 1.29 is 59.3 Å². The number of Topliss-reactive ketones (excluding diaryl/α,β-unsaturated/α-hetero) is 2. The van der Waals surface area contributed by atoms with E-state index in [9.17, 15) is 49.8 Å². The van der Waals surface area contributed by atoms with E-state index in [2.05, 4.69) is 0 Å². The van der Waals surface area contributed by atoms with E-state index in [4.69, 9.17) is 9.47 Å². The number of hydrogen-bond donors (Lipinski definition) is 6. The van der Waals surface area contributed by atoms with E-state index in [-0.39, 0.29) is 50.3 Å². The Labute approximate surface area is 257 Å². The number of fused-ring (bicyclic) bond motifs is 1. The lowest BCUT2D eigenvalue weighted by molar-refractivity contribution is -0.131. The van der Waals surface area contributed by atoms with E-state index in [1.807, 2.05) is 0 Å². The number of carbonyl (C=O) groups excluding carboxylic acids is 2. The second kappa shape index (κ2) is 11.0. The topological polar surface area (TPSA) is 208 Å². The molecule has 6 rings (SSSR count). The van der Waals surface area contributed by atoms with Gasteiger partial charge in [-0.2, -0.15) is 0 Å². The highest BCUT2D eigenvalue weighted by Crippen LogP contribution is 2.41. The summed E-state index contributed by atoms with van der Waals surface area (Å²) >= 11 is 0. The molecule has 2 aliphatic heterocycles. The molecular weight excluding hydrogens is 600 g/mol. The molecule has 0 saturated heterocycles. The van der Waals surface area contributed by atoms with E-state index in [0.29, 0.717) is 5.39 Å². The third-order valence-corrected chi connectivity index (χ3v) is 7.33.